The fraction of sp³-hybridized carbons (Fsp3) is 0.167. The van der Waals surface area contributed by atoms with Crippen molar-refractivity contribution in [3.05, 3.63) is 121 Å². The number of anilines is 2. The summed E-state index contributed by atoms with van der Waals surface area (Å²) in [5.74, 6) is 0.873. The van der Waals surface area contributed by atoms with Gasteiger partial charge in [-0.2, -0.15) is 0 Å². The molecule has 0 amide bonds. The highest BCUT2D eigenvalue weighted by atomic mass is 31.1. The van der Waals surface area contributed by atoms with Crippen LogP contribution in [0.5, 0.6) is 5.75 Å². The third-order valence-corrected chi connectivity index (χ3v) is 9.82. The van der Waals surface area contributed by atoms with Gasteiger partial charge in [-0.1, -0.05) is 97.1 Å². The predicted octanol–water partition coefficient (Wildman–Crippen LogP) is 7.23. The Morgan fingerprint density at radius 1 is 0.525 bits per heavy atom. The first-order valence-electron chi connectivity index (χ1n) is 13.6. The summed E-state index contributed by atoms with van der Waals surface area (Å²) >= 11 is 0. The van der Waals surface area contributed by atoms with Gasteiger partial charge in [0, 0.05) is 56.0 Å². The van der Waals surface area contributed by atoms with Gasteiger partial charge in [0.15, 0.2) is 0 Å². The lowest BCUT2D eigenvalue weighted by Gasteiger charge is -2.30. The predicted molar refractivity (Wildman–Crippen MR) is 176 cm³/mol. The van der Waals surface area contributed by atoms with Crippen LogP contribution in [0.1, 0.15) is 5.56 Å². The van der Waals surface area contributed by atoms with E-state index in [1.165, 1.54) is 43.9 Å². The van der Waals surface area contributed by atoms with Gasteiger partial charge in [0.2, 0.25) is 0 Å². The molecule has 0 N–H and O–H groups in total. The highest BCUT2D eigenvalue weighted by molar-refractivity contribution is 7.80. The van der Waals surface area contributed by atoms with Crippen molar-refractivity contribution in [3.63, 3.8) is 0 Å². The minimum atomic E-state index is -0.921. The van der Waals surface area contributed by atoms with Crippen molar-refractivity contribution >= 4 is 35.2 Å². The van der Waals surface area contributed by atoms with Crippen LogP contribution in [0.2, 0.25) is 0 Å². The van der Waals surface area contributed by atoms with E-state index in [4.69, 9.17) is 4.74 Å². The van der Waals surface area contributed by atoms with E-state index in [0.717, 1.165) is 17.0 Å². The fourth-order valence-corrected chi connectivity index (χ4v) is 8.07. The van der Waals surface area contributed by atoms with Crippen LogP contribution in [0, 0.1) is 6.92 Å². The molecule has 0 bridgehead atoms. The topological polar surface area (TPSA) is 15.7 Å². The van der Waals surface area contributed by atoms with E-state index in [2.05, 4.69) is 160 Å². The molecule has 40 heavy (non-hydrogen) atoms. The van der Waals surface area contributed by atoms with E-state index < -0.39 is 7.92 Å². The summed E-state index contributed by atoms with van der Waals surface area (Å²) < 4.78 is 6.04. The molecule has 5 aromatic carbocycles. The van der Waals surface area contributed by atoms with Crippen molar-refractivity contribution in [1.82, 2.24) is 0 Å². The average Bonchev–Trinajstić information content (AvgIpc) is 2.98. The molecule has 0 aliphatic heterocycles. The van der Waals surface area contributed by atoms with Crippen molar-refractivity contribution in [2.24, 2.45) is 0 Å². The molecule has 0 spiro atoms. The standard InChI is InChI=1S/C36H37N2OP/c1-26-16-13-23-31(37(2)3)34(26)29-21-14-22-30(35-32(38(4)5)24-15-25-33(35)39-6)36(29)40(27-17-9-7-10-18-27)28-19-11-8-12-20-28/h7-25H,1-6H3. The Kier molecular flexibility index (Phi) is 8.24. The van der Waals surface area contributed by atoms with Gasteiger partial charge in [-0.25, -0.2) is 0 Å². The number of aryl methyl sites for hydroxylation is 1. The Morgan fingerprint density at radius 2 is 1.00 bits per heavy atom. The van der Waals surface area contributed by atoms with Gasteiger partial charge in [0.05, 0.1) is 7.11 Å². The minimum Gasteiger partial charge on any atom is -0.496 e. The van der Waals surface area contributed by atoms with Crippen molar-refractivity contribution < 1.29 is 4.74 Å². The van der Waals surface area contributed by atoms with Gasteiger partial charge in [0.1, 0.15) is 5.75 Å². The number of hydrogen-bond donors (Lipinski definition) is 0. The van der Waals surface area contributed by atoms with Crippen LogP contribution < -0.4 is 30.5 Å². The number of methoxy groups -OCH3 is 1. The molecule has 0 aromatic heterocycles. The summed E-state index contributed by atoms with van der Waals surface area (Å²) in [6.45, 7) is 2.22. The third kappa shape index (κ3) is 5.22. The Hall–Kier alpha value is -4.07. The van der Waals surface area contributed by atoms with E-state index >= 15 is 0 Å². The summed E-state index contributed by atoms with van der Waals surface area (Å²) in [5.41, 5.74) is 8.44. The Balaban J connectivity index is 1.98. The molecular formula is C36H37N2OP. The molecule has 0 atom stereocenters. The molecule has 0 radical (unpaired) electrons. The van der Waals surface area contributed by atoms with Crippen LogP contribution in [0.15, 0.2) is 115 Å². The van der Waals surface area contributed by atoms with Gasteiger partial charge in [-0.05, 0) is 60.3 Å². The van der Waals surface area contributed by atoms with Crippen molar-refractivity contribution in [2.75, 3.05) is 45.1 Å². The maximum atomic E-state index is 6.04. The molecule has 0 fully saturated rings. The largest absolute Gasteiger partial charge is 0.496 e. The quantitative estimate of drug-likeness (QED) is 0.192. The number of benzene rings is 5. The number of rotatable bonds is 8. The van der Waals surface area contributed by atoms with Crippen LogP contribution in [0.3, 0.4) is 0 Å². The molecule has 4 heteroatoms. The van der Waals surface area contributed by atoms with Gasteiger partial charge < -0.3 is 14.5 Å². The molecule has 0 aliphatic rings. The molecule has 3 nitrogen and oxygen atoms in total. The van der Waals surface area contributed by atoms with Crippen molar-refractivity contribution in [1.29, 1.82) is 0 Å². The molecule has 202 valence electrons. The molecule has 5 rings (SSSR count). The monoisotopic (exact) mass is 544 g/mol. The highest BCUT2D eigenvalue weighted by Crippen LogP contribution is 2.47. The van der Waals surface area contributed by atoms with E-state index in [1.54, 1.807) is 7.11 Å². The van der Waals surface area contributed by atoms with Crippen LogP contribution in [-0.2, 0) is 0 Å². The summed E-state index contributed by atoms with van der Waals surface area (Å²) in [6, 6.07) is 41.6. The Morgan fingerprint density at radius 3 is 1.52 bits per heavy atom. The molecule has 0 heterocycles. The average molecular weight is 545 g/mol. The third-order valence-electron chi connectivity index (χ3n) is 7.27. The van der Waals surface area contributed by atoms with E-state index in [1.807, 2.05) is 0 Å². The van der Waals surface area contributed by atoms with Crippen LogP contribution in [0.4, 0.5) is 11.4 Å². The summed E-state index contributed by atoms with van der Waals surface area (Å²) in [5, 5.41) is 3.97. The van der Waals surface area contributed by atoms with Gasteiger partial charge >= 0.3 is 0 Å². The van der Waals surface area contributed by atoms with Gasteiger partial charge in [0.25, 0.3) is 0 Å². The molecule has 0 saturated heterocycles. The second-order valence-electron chi connectivity index (χ2n) is 10.3. The summed E-state index contributed by atoms with van der Waals surface area (Å²) in [7, 11) is 9.31. The van der Waals surface area contributed by atoms with Crippen LogP contribution in [-0.4, -0.2) is 35.3 Å². The molecule has 0 saturated carbocycles. The van der Waals surface area contributed by atoms with Crippen molar-refractivity contribution in [2.45, 2.75) is 6.92 Å². The summed E-state index contributed by atoms with van der Waals surface area (Å²) in [6.07, 6.45) is 0. The first-order chi connectivity index (χ1) is 19.4. The zero-order chi connectivity index (χ0) is 28.2. The minimum absolute atomic E-state index is 0.873. The van der Waals surface area contributed by atoms with E-state index in [9.17, 15) is 0 Å². The fourth-order valence-electron chi connectivity index (χ4n) is 5.46. The molecule has 5 aromatic rings. The van der Waals surface area contributed by atoms with Gasteiger partial charge in [-0.15, -0.1) is 0 Å². The second kappa shape index (κ2) is 12.0. The Bertz CT molecular complexity index is 1560. The molecule has 0 unspecified atom stereocenters. The van der Waals surface area contributed by atoms with E-state index in [-0.39, 0.29) is 0 Å². The zero-order valence-corrected chi connectivity index (χ0v) is 25.1. The Labute approximate surface area is 240 Å². The first-order valence-corrected chi connectivity index (χ1v) is 14.9. The number of hydrogen-bond acceptors (Lipinski definition) is 3. The lowest BCUT2D eigenvalue weighted by Crippen LogP contribution is -2.25. The maximum Gasteiger partial charge on any atom is 0.128 e. The van der Waals surface area contributed by atoms with E-state index in [0.29, 0.717) is 0 Å². The van der Waals surface area contributed by atoms with Crippen molar-refractivity contribution in [3.8, 4) is 28.0 Å². The summed E-state index contributed by atoms with van der Waals surface area (Å²) in [4.78, 5) is 4.40. The lowest BCUT2D eigenvalue weighted by molar-refractivity contribution is 0.416. The normalized spacial score (nSPS) is 11.0. The first kappa shape index (κ1) is 27.5. The lowest BCUT2D eigenvalue weighted by atomic mass is 9.93. The van der Waals surface area contributed by atoms with Crippen LogP contribution in [0.25, 0.3) is 22.3 Å². The second-order valence-corrected chi connectivity index (χ2v) is 12.5. The van der Waals surface area contributed by atoms with Gasteiger partial charge in [-0.3, -0.25) is 0 Å². The smallest absolute Gasteiger partial charge is 0.128 e. The van der Waals surface area contributed by atoms with Crippen LogP contribution >= 0.6 is 7.92 Å². The number of ether oxygens (including phenoxy) is 1. The molecular weight excluding hydrogens is 507 g/mol. The SMILES string of the molecule is COc1cccc(N(C)C)c1-c1cccc(-c2c(C)cccc2N(C)C)c1P(c1ccccc1)c1ccccc1. The highest BCUT2D eigenvalue weighted by Gasteiger charge is 2.28. The number of nitrogens with zero attached hydrogens (tertiary/aromatic N) is 2. The maximum absolute atomic E-state index is 6.04. The zero-order valence-electron chi connectivity index (χ0n) is 24.2. The molecule has 0 aliphatic carbocycles.